The number of hydrogen-bond acceptors (Lipinski definition) is 5. The van der Waals surface area contributed by atoms with Crippen LogP contribution in [0, 0.1) is 12.8 Å². The maximum Gasteiger partial charge on any atom is 0.251 e. The molecule has 2 heterocycles. The first-order valence-electron chi connectivity index (χ1n) is 10.7. The summed E-state index contributed by atoms with van der Waals surface area (Å²) in [7, 11) is 0. The van der Waals surface area contributed by atoms with E-state index in [2.05, 4.69) is 5.32 Å². The van der Waals surface area contributed by atoms with Gasteiger partial charge < -0.3 is 25.3 Å². The molecule has 3 N–H and O–H groups in total. The van der Waals surface area contributed by atoms with Gasteiger partial charge in [-0.25, -0.2) is 0 Å². The summed E-state index contributed by atoms with van der Waals surface area (Å²) in [4.78, 5) is 22.5. The van der Waals surface area contributed by atoms with Crippen LogP contribution in [0.15, 0.2) is 48.5 Å². The van der Waals surface area contributed by atoms with Crippen molar-refractivity contribution in [2.45, 2.75) is 44.4 Å². The number of amides is 2. The van der Waals surface area contributed by atoms with Crippen molar-refractivity contribution < 1.29 is 26.7 Å². The Morgan fingerprint density at radius 3 is 2.52 bits per heavy atom. The first-order valence-corrected chi connectivity index (χ1v) is 10.7. The molecule has 3 atom stereocenters. The molecule has 2 aromatic rings. The number of nitrogens with two attached hydrogens (primary N) is 1. The topological polar surface area (TPSA) is 99.9 Å². The van der Waals surface area contributed by atoms with Gasteiger partial charge in [-0.2, -0.15) is 0 Å². The van der Waals surface area contributed by atoms with E-state index in [1.807, 2.05) is 43.3 Å². The molecule has 0 unspecified atom stereocenters. The van der Waals surface area contributed by atoms with Crippen LogP contribution in [0.25, 0.3) is 0 Å². The van der Waals surface area contributed by atoms with Gasteiger partial charge in [0.25, 0.3) is 5.91 Å². The molecule has 1 saturated carbocycles. The van der Waals surface area contributed by atoms with Gasteiger partial charge in [0.1, 0.15) is 17.6 Å². The Labute approximate surface area is 184 Å². The molecule has 168 valence electrons. The summed E-state index contributed by atoms with van der Waals surface area (Å²) in [6.45, 7) is 3.22. The minimum Gasteiger partial charge on any atom is -0.457 e. The van der Waals surface area contributed by atoms with Gasteiger partial charge in [0.15, 0.2) is 0 Å². The standard InChI is InChI=1S/C20H21NO4.C4H7NO.2H2/c1-13-5-7-15(8-6-13)25-16-4-2-3-14(11-16)20(22)21-17-12-24-18-9-10-23-19(17)18;5-4(6)3-1-2-3;;/h2-8,11,17-19H,9-10,12H2,1H3,(H,21,22);3H,1-2H2,(H2,5,6);2*1H/t17-,18+,19+;;;/m0.../s1. The number of benzene rings is 2. The molecule has 31 heavy (non-hydrogen) atoms. The molecule has 3 aliphatic rings. The highest BCUT2D eigenvalue weighted by molar-refractivity contribution is 5.94. The van der Waals surface area contributed by atoms with E-state index in [-0.39, 0.29) is 38.8 Å². The molecule has 0 spiro atoms. The third-order valence-electron chi connectivity index (χ3n) is 5.61. The average Bonchev–Trinajstić information content (AvgIpc) is 3.41. The normalized spacial score (nSPS) is 24.0. The van der Waals surface area contributed by atoms with Crippen molar-refractivity contribution >= 4 is 11.8 Å². The zero-order valence-electron chi connectivity index (χ0n) is 17.6. The number of nitrogens with one attached hydrogen (secondary N) is 1. The molecule has 1 aliphatic carbocycles. The summed E-state index contributed by atoms with van der Waals surface area (Å²) in [5, 5.41) is 3.02. The minimum absolute atomic E-state index is 0. The monoisotopic (exact) mass is 428 g/mol. The van der Waals surface area contributed by atoms with Crippen molar-refractivity contribution in [2.24, 2.45) is 11.7 Å². The maximum absolute atomic E-state index is 12.6. The summed E-state index contributed by atoms with van der Waals surface area (Å²) in [6, 6.07) is 14.9. The van der Waals surface area contributed by atoms with E-state index in [4.69, 9.17) is 19.9 Å². The van der Waals surface area contributed by atoms with Gasteiger partial charge in [0, 0.05) is 20.9 Å². The maximum atomic E-state index is 12.6. The van der Waals surface area contributed by atoms with Gasteiger partial charge in [-0.1, -0.05) is 23.8 Å². The van der Waals surface area contributed by atoms with Gasteiger partial charge in [-0.3, -0.25) is 9.59 Å². The smallest absolute Gasteiger partial charge is 0.251 e. The van der Waals surface area contributed by atoms with Crippen molar-refractivity contribution in [1.82, 2.24) is 5.32 Å². The van der Waals surface area contributed by atoms with Crippen LogP contribution < -0.4 is 15.8 Å². The summed E-state index contributed by atoms with van der Waals surface area (Å²) < 4.78 is 17.2. The summed E-state index contributed by atoms with van der Waals surface area (Å²) in [5.41, 5.74) is 6.59. The number of ether oxygens (including phenoxy) is 3. The van der Waals surface area contributed by atoms with Gasteiger partial charge in [0.05, 0.1) is 18.8 Å². The molecular weight excluding hydrogens is 396 g/mol. The van der Waals surface area contributed by atoms with Crippen LogP contribution in [-0.4, -0.2) is 43.3 Å². The van der Waals surface area contributed by atoms with E-state index >= 15 is 0 Å². The number of carbonyl (C=O) groups is 2. The molecule has 2 amide bonds. The second-order valence-electron chi connectivity index (χ2n) is 8.20. The Kier molecular flexibility index (Phi) is 6.53. The van der Waals surface area contributed by atoms with Crippen molar-refractivity contribution in [2.75, 3.05) is 13.2 Å². The molecule has 0 bridgehead atoms. The third-order valence-corrected chi connectivity index (χ3v) is 5.61. The summed E-state index contributed by atoms with van der Waals surface area (Å²) >= 11 is 0. The second kappa shape index (κ2) is 9.49. The number of hydrogen-bond donors (Lipinski definition) is 2. The Morgan fingerprint density at radius 1 is 1.06 bits per heavy atom. The summed E-state index contributed by atoms with van der Waals surface area (Å²) in [6.07, 6.45) is 3.03. The Bertz CT molecular complexity index is 937. The van der Waals surface area contributed by atoms with E-state index < -0.39 is 0 Å². The minimum atomic E-state index is -0.140. The van der Waals surface area contributed by atoms with Crippen molar-refractivity contribution in [3.63, 3.8) is 0 Å². The quantitative estimate of drug-likeness (QED) is 0.760. The molecule has 0 radical (unpaired) electrons. The van der Waals surface area contributed by atoms with E-state index in [0.717, 1.165) is 25.0 Å². The molecule has 5 rings (SSSR count). The number of carbonyl (C=O) groups excluding carboxylic acids is 2. The highest BCUT2D eigenvalue weighted by atomic mass is 16.6. The SMILES string of the molecule is Cc1ccc(Oc2cccc(C(=O)N[C@H]3CO[C@@H]4CCO[C@H]34)c2)cc1.NC(=O)C1CC1.[HH].[HH]. The van der Waals surface area contributed by atoms with Crippen LogP contribution in [0.2, 0.25) is 0 Å². The van der Waals surface area contributed by atoms with Crippen LogP contribution >= 0.6 is 0 Å². The highest BCUT2D eigenvalue weighted by Gasteiger charge is 2.42. The Balaban J connectivity index is 0.000000422. The number of rotatable bonds is 5. The molecule has 2 aliphatic heterocycles. The van der Waals surface area contributed by atoms with E-state index in [1.54, 1.807) is 12.1 Å². The largest absolute Gasteiger partial charge is 0.457 e. The van der Waals surface area contributed by atoms with Gasteiger partial charge >= 0.3 is 0 Å². The molecular formula is C24H32N2O5. The van der Waals surface area contributed by atoms with E-state index in [1.165, 1.54) is 5.56 Å². The lowest BCUT2D eigenvalue weighted by Gasteiger charge is -2.17. The van der Waals surface area contributed by atoms with Gasteiger partial charge in [-0.05, 0) is 56.5 Å². The lowest BCUT2D eigenvalue weighted by atomic mass is 10.1. The zero-order chi connectivity index (χ0) is 21.8. The third kappa shape index (κ3) is 5.62. The molecule has 7 heteroatoms. The van der Waals surface area contributed by atoms with E-state index in [0.29, 0.717) is 24.5 Å². The van der Waals surface area contributed by atoms with E-state index in [9.17, 15) is 9.59 Å². The van der Waals surface area contributed by atoms with Crippen LogP contribution in [0.4, 0.5) is 0 Å². The lowest BCUT2D eigenvalue weighted by Crippen LogP contribution is -2.43. The highest BCUT2D eigenvalue weighted by Crippen LogP contribution is 2.28. The first-order chi connectivity index (χ1) is 15.0. The fraction of sp³-hybridized carbons (Fsp3) is 0.417. The first kappa shape index (κ1) is 21.3. The molecule has 2 saturated heterocycles. The van der Waals surface area contributed by atoms with Crippen LogP contribution in [-0.2, 0) is 14.3 Å². The van der Waals surface area contributed by atoms with Gasteiger partial charge in [0.2, 0.25) is 5.91 Å². The number of fused-ring (bicyclic) bond motifs is 1. The van der Waals surface area contributed by atoms with Crippen molar-refractivity contribution in [1.29, 1.82) is 0 Å². The molecule has 0 aromatic heterocycles. The fourth-order valence-electron chi connectivity index (χ4n) is 3.65. The number of primary amides is 1. The second-order valence-corrected chi connectivity index (χ2v) is 8.20. The van der Waals surface area contributed by atoms with Crippen molar-refractivity contribution in [3.05, 3.63) is 59.7 Å². The van der Waals surface area contributed by atoms with Crippen LogP contribution in [0.5, 0.6) is 11.5 Å². The molecule has 7 nitrogen and oxygen atoms in total. The Hall–Kier alpha value is -2.90. The van der Waals surface area contributed by atoms with Crippen molar-refractivity contribution in [3.8, 4) is 11.5 Å². The molecule has 3 fully saturated rings. The van der Waals surface area contributed by atoms with Gasteiger partial charge in [-0.15, -0.1) is 0 Å². The predicted octanol–water partition coefficient (Wildman–Crippen LogP) is 3.45. The average molecular weight is 429 g/mol. The fourth-order valence-corrected chi connectivity index (χ4v) is 3.65. The number of aryl methyl sites for hydroxylation is 1. The summed E-state index contributed by atoms with van der Waals surface area (Å²) in [5.74, 6) is 1.35. The lowest BCUT2D eigenvalue weighted by molar-refractivity contribution is -0.119. The van der Waals surface area contributed by atoms with Crippen LogP contribution in [0.1, 0.15) is 38.0 Å². The zero-order valence-corrected chi connectivity index (χ0v) is 17.6. The van der Waals surface area contributed by atoms with Crippen LogP contribution in [0.3, 0.4) is 0 Å². The Morgan fingerprint density at radius 2 is 1.84 bits per heavy atom. The molecule has 2 aromatic carbocycles. The predicted molar refractivity (Wildman–Crippen MR) is 119 cm³/mol.